The molecule has 12 heteroatoms. The minimum Gasteiger partial charge on any atom is -0.478 e. The second-order valence-electron chi connectivity index (χ2n) is 11.2. The number of rotatable bonds is 8. The first-order chi connectivity index (χ1) is 21.7. The second kappa shape index (κ2) is 12.8. The average molecular weight is 632 g/mol. The van der Waals surface area contributed by atoms with Crippen molar-refractivity contribution in [3.8, 4) is 5.69 Å². The van der Waals surface area contributed by atoms with E-state index in [0.717, 1.165) is 47.4 Å². The minimum atomic E-state index is -1.06. The number of benzene rings is 3. The Hall–Kier alpha value is -4.61. The van der Waals surface area contributed by atoms with Gasteiger partial charge in [-0.05, 0) is 66.3 Å². The topological polar surface area (TPSA) is 118 Å². The van der Waals surface area contributed by atoms with E-state index in [2.05, 4.69) is 21.3 Å². The zero-order chi connectivity index (χ0) is 31.7. The Labute approximate surface area is 264 Å². The van der Waals surface area contributed by atoms with Crippen molar-refractivity contribution in [3.05, 3.63) is 106 Å². The van der Waals surface area contributed by atoms with Crippen molar-refractivity contribution in [1.82, 2.24) is 19.9 Å². The predicted octanol–water partition coefficient (Wildman–Crippen LogP) is 4.92. The number of aromatic nitrogens is 3. The van der Waals surface area contributed by atoms with E-state index in [1.54, 1.807) is 25.3 Å². The van der Waals surface area contributed by atoms with Gasteiger partial charge >= 0.3 is 5.97 Å². The molecular weight excluding hydrogens is 601 g/mol. The lowest BCUT2D eigenvalue weighted by Crippen LogP contribution is -2.45. The summed E-state index contributed by atoms with van der Waals surface area (Å²) in [5.41, 5.74) is 3.54. The minimum absolute atomic E-state index is 0.0162. The van der Waals surface area contributed by atoms with Gasteiger partial charge in [0.2, 0.25) is 0 Å². The zero-order valence-electron chi connectivity index (χ0n) is 24.5. The molecule has 3 aromatic carbocycles. The maximum Gasteiger partial charge on any atom is 0.335 e. The molecule has 0 saturated carbocycles. The number of carboxylic acid groups (broad SMARTS) is 1. The Morgan fingerprint density at radius 3 is 2.42 bits per heavy atom. The molecule has 3 heterocycles. The van der Waals surface area contributed by atoms with Crippen molar-refractivity contribution in [2.45, 2.75) is 37.8 Å². The molecule has 45 heavy (non-hydrogen) atoms. The van der Waals surface area contributed by atoms with Gasteiger partial charge in [0.1, 0.15) is 11.7 Å². The number of carbonyl (C=O) groups is 3. The van der Waals surface area contributed by atoms with E-state index in [1.165, 1.54) is 35.4 Å². The summed E-state index contributed by atoms with van der Waals surface area (Å²) in [5, 5.41) is 17.2. The molecule has 0 unspecified atom stereocenters. The van der Waals surface area contributed by atoms with Crippen LogP contribution in [0.3, 0.4) is 0 Å². The van der Waals surface area contributed by atoms with E-state index in [9.17, 15) is 23.9 Å². The Morgan fingerprint density at radius 1 is 1.00 bits per heavy atom. The highest BCUT2D eigenvalue weighted by Crippen LogP contribution is 2.38. The Morgan fingerprint density at radius 2 is 1.71 bits per heavy atom. The van der Waals surface area contributed by atoms with Gasteiger partial charge in [-0.15, -0.1) is 5.10 Å². The molecule has 0 radical (unpaired) electrons. The number of carboxylic acids is 1. The fraction of sp³-hybridized carbons (Fsp3) is 0.303. The lowest BCUT2D eigenvalue weighted by molar-refractivity contribution is -0.123. The molecule has 0 spiro atoms. The van der Waals surface area contributed by atoms with Crippen molar-refractivity contribution in [1.29, 1.82) is 0 Å². The first kappa shape index (κ1) is 30.4. The smallest absolute Gasteiger partial charge is 0.335 e. The maximum atomic E-state index is 14.7. The van der Waals surface area contributed by atoms with Crippen molar-refractivity contribution < 1.29 is 28.6 Å². The van der Waals surface area contributed by atoms with Crippen LogP contribution in [0, 0.1) is 5.82 Å². The Bertz CT molecular complexity index is 1750. The number of carbonyl (C=O) groups excluding carboxylic acids is 2. The molecule has 1 atom stereocenters. The van der Waals surface area contributed by atoms with Crippen LogP contribution in [0.25, 0.3) is 5.69 Å². The number of ether oxygens (including phenoxy) is 1. The molecule has 10 nitrogen and oxygen atoms in total. The average Bonchev–Trinajstić information content (AvgIpc) is 3.55. The lowest BCUT2D eigenvalue weighted by Gasteiger charge is -2.40. The third-order valence-electron chi connectivity index (χ3n) is 8.55. The first-order valence-corrected chi connectivity index (χ1v) is 15.0. The SMILES string of the molecule is COC1CCN(c2cccc3c2CCN(C(=O)c2cn(-c4cccc(Cl)c4F)nn2)[C@@H]3C(=O)Cc2ccc(C(=O)O)cc2)CC1. The number of anilines is 1. The van der Waals surface area contributed by atoms with Gasteiger partial charge in [-0.2, -0.15) is 0 Å². The van der Waals surface area contributed by atoms with Gasteiger partial charge in [0.15, 0.2) is 17.3 Å². The molecule has 1 saturated heterocycles. The lowest BCUT2D eigenvalue weighted by atomic mass is 9.86. The number of hydrogen-bond acceptors (Lipinski definition) is 7. The summed E-state index contributed by atoms with van der Waals surface area (Å²) in [7, 11) is 1.73. The zero-order valence-corrected chi connectivity index (χ0v) is 25.3. The fourth-order valence-electron chi connectivity index (χ4n) is 6.20. The van der Waals surface area contributed by atoms with Crippen LogP contribution in [-0.2, 0) is 22.4 Å². The summed E-state index contributed by atoms with van der Waals surface area (Å²) in [4.78, 5) is 43.3. The number of piperidine rings is 1. The summed E-state index contributed by atoms with van der Waals surface area (Å²) in [5.74, 6) is -2.49. The molecule has 1 aromatic heterocycles. The van der Waals surface area contributed by atoms with Gasteiger partial charge in [-0.3, -0.25) is 9.59 Å². The number of halogens is 2. The van der Waals surface area contributed by atoms with Gasteiger partial charge in [0.25, 0.3) is 5.91 Å². The molecule has 2 aliphatic rings. The van der Waals surface area contributed by atoms with Crippen LogP contribution < -0.4 is 4.90 Å². The number of nitrogens with zero attached hydrogens (tertiary/aromatic N) is 5. The number of methoxy groups -OCH3 is 1. The summed E-state index contributed by atoms with van der Waals surface area (Å²) in [6, 6.07) is 15.5. The molecule has 232 valence electrons. The molecular formula is C33H31ClFN5O5. The molecule has 2 aliphatic heterocycles. The Kier molecular flexibility index (Phi) is 8.64. The van der Waals surface area contributed by atoms with Crippen LogP contribution in [0.15, 0.2) is 66.9 Å². The van der Waals surface area contributed by atoms with Crippen molar-refractivity contribution in [2.75, 3.05) is 31.6 Å². The van der Waals surface area contributed by atoms with Gasteiger partial charge in [-0.1, -0.05) is 47.1 Å². The van der Waals surface area contributed by atoms with E-state index in [0.29, 0.717) is 12.0 Å². The standard InChI is InChI=1S/C33H31ClFN5O5/c1-45-22-12-15-38(16-13-22)27-6-2-4-24-23(27)14-17-39(31(24)29(41)18-20-8-10-21(11-9-20)33(43)44)32(42)26-19-40(37-36-26)28-7-3-5-25(34)30(28)35/h2-11,19,22,31H,12-18H2,1H3,(H,43,44)/t31-/m0/s1. The van der Waals surface area contributed by atoms with E-state index in [4.69, 9.17) is 16.3 Å². The molecule has 4 aromatic rings. The van der Waals surface area contributed by atoms with Crippen LogP contribution in [0.5, 0.6) is 0 Å². The first-order valence-electron chi connectivity index (χ1n) is 14.7. The van der Waals surface area contributed by atoms with Gasteiger partial charge in [-0.25, -0.2) is 13.9 Å². The van der Waals surface area contributed by atoms with E-state index in [1.807, 2.05) is 12.1 Å². The van der Waals surface area contributed by atoms with Crippen molar-refractivity contribution in [3.63, 3.8) is 0 Å². The van der Waals surface area contributed by atoms with E-state index < -0.39 is 23.7 Å². The molecule has 1 amide bonds. The molecule has 1 fully saturated rings. The Balaban J connectivity index is 1.34. The summed E-state index contributed by atoms with van der Waals surface area (Å²) < 4.78 is 21.4. The number of aromatic carboxylic acids is 1. The van der Waals surface area contributed by atoms with Gasteiger partial charge < -0.3 is 19.6 Å². The largest absolute Gasteiger partial charge is 0.478 e. The number of fused-ring (bicyclic) bond motifs is 1. The van der Waals surface area contributed by atoms with Crippen molar-refractivity contribution >= 4 is 34.9 Å². The van der Waals surface area contributed by atoms with E-state index in [-0.39, 0.29) is 46.8 Å². The third kappa shape index (κ3) is 6.05. The van der Waals surface area contributed by atoms with Crippen LogP contribution in [0.2, 0.25) is 5.02 Å². The highest BCUT2D eigenvalue weighted by atomic mass is 35.5. The molecule has 1 N–H and O–H groups in total. The fourth-order valence-corrected chi connectivity index (χ4v) is 6.37. The summed E-state index contributed by atoms with van der Waals surface area (Å²) in [6.45, 7) is 1.88. The molecule has 6 rings (SSSR count). The monoisotopic (exact) mass is 631 g/mol. The maximum absolute atomic E-state index is 14.7. The quantitative estimate of drug-likeness (QED) is 0.291. The highest BCUT2D eigenvalue weighted by molar-refractivity contribution is 6.30. The number of Topliss-reactive ketones (excluding diaryl/α,β-unsaturated/α-hetero) is 1. The summed E-state index contributed by atoms with van der Waals surface area (Å²) in [6.07, 6.45) is 3.83. The van der Waals surface area contributed by atoms with Crippen LogP contribution in [-0.4, -0.2) is 75.5 Å². The van der Waals surface area contributed by atoms with Crippen LogP contribution in [0.4, 0.5) is 10.1 Å². The van der Waals surface area contributed by atoms with Crippen molar-refractivity contribution in [2.24, 2.45) is 0 Å². The number of amides is 1. The molecule has 0 aliphatic carbocycles. The molecule has 0 bridgehead atoms. The van der Waals surface area contributed by atoms with Gasteiger partial charge in [0, 0.05) is 38.9 Å². The highest BCUT2D eigenvalue weighted by Gasteiger charge is 2.38. The van der Waals surface area contributed by atoms with Crippen LogP contribution in [0.1, 0.15) is 56.4 Å². The predicted molar refractivity (Wildman–Crippen MR) is 165 cm³/mol. The summed E-state index contributed by atoms with van der Waals surface area (Å²) >= 11 is 5.94. The number of ketones is 1. The number of hydrogen-bond donors (Lipinski definition) is 1. The van der Waals surface area contributed by atoms with E-state index >= 15 is 0 Å². The second-order valence-corrected chi connectivity index (χ2v) is 11.6. The van der Waals surface area contributed by atoms with Gasteiger partial charge in [0.05, 0.1) is 22.9 Å². The third-order valence-corrected chi connectivity index (χ3v) is 8.84. The van der Waals surface area contributed by atoms with Crippen LogP contribution >= 0.6 is 11.6 Å². The normalized spacial score (nSPS) is 16.8.